The SMILES string of the molecule is CC(O)CN(C)S(=O)(=O)c1cc(C(=O)O)cs1. The van der Waals surface area contributed by atoms with E-state index in [1.165, 1.54) is 19.4 Å². The van der Waals surface area contributed by atoms with Gasteiger partial charge < -0.3 is 10.2 Å². The highest BCUT2D eigenvalue weighted by Gasteiger charge is 2.24. The molecule has 0 saturated heterocycles. The Hall–Kier alpha value is -0.960. The largest absolute Gasteiger partial charge is 0.478 e. The van der Waals surface area contributed by atoms with Crippen LogP contribution in [0.2, 0.25) is 0 Å². The molecule has 1 unspecified atom stereocenters. The van der Waals surface area contributed by atoms with Crippen molar-refractivity contribution in [1.82, 2.24) is 4.31 Å². The van der Waals surface area contributed by atoms with Crippen LogP contribution < -0.4 is 0 Å². The fourth-order valence-electron chi connectivity index (χ4n) is 1.19. The number of rotatable bonds is 5. The maximum atomic E-state index is 11.9. The van der Waals surface area contributed by atoms with Crippen LogP contribution in [0.15, 0.2) is 15.7 Å². The zero-order valence-electron chi connectivity index (χ0n) is 9.32. The molecule has 0 aromatic carbocycles. The van der Waals surface area contributed by atoms with Crippen molar-refractivity contribution < 1.29 is 23.4 Å². The third-order valence-electron chi connectivity index (χ3n) is 2.01. The number of carbonyl (C=O) groups is 1. The Bertz CT molecular complexity index is 505. The number of hydrogen-bond donors (Lipinski definition) is 2. The lowest BCUT2D eigenvalue weighted by molar-refractivity contribution is 0.0697. The lowest BCUT2D eigenvalue weighted by Crippen LogP contribution is -2.32. The van der Waals surface area contributed by atoms with Gasteiger partial charge in [0.2, 0.25) is 0 Å². The minimum atomic E-state index is -3.72. The molecule has 0 spiro atoms. The van der Waals surface area contributed by atoms with E-state index in [1.807, 2.05) is 0 Å². The zero-order valence-corrected chi connectivity index (χ0v) is 11.0. The Morgan fingerprint density at radius 2 is 2.18 bits per heavy atom. The van der Waals surface area contributed by atoms with Gasteiger partial charge >= 0.3 is 5.97 Å². The molecule has 0 aliphatic rings. The molecule has 17 heavy (non-hydrogen) atoms. The van der Waals surface area contributed by atoms with Gasteiger partial charge in [0.1, 0.15) is 4.21 Å². The number of sulfonamides is 1. The summed E-state index contributed by atoms with van der Waals surface area (Å²) in [5.74, 6) is -1.17. The molecule has 1 rings (SSSR count). The van der Waals surface area contributed by atoms with Gasteiger partial charge in [0.05, 0.1) is 11.7 Å². The summed E-state index contributed by atoms with van der Waals surface area (Å²) in [6.45, 7) is 1.44. The number of aliphatic hydroxyl groups is 1. The van der Waals surface area contributed by atoms with Gasteiger partial charge in [0, 0.05) is 19.0 Å². The van der Waals surface area contributed by atoms with Crippen LogP contribution in [0, 0.1) is 0 Å². The van der Waals surface area contributed by atoms with E-state index in [0.29, 0.717) is 0 Å². The Kier molecular flexibility index (Phi) is 4.26. The van der Waals surface area contributed by atoms with E-state index < -0.39 is 22.1 Å². The minimum Gasteiger partial charge on any atom is -0.478 e. The Labute approximate surface area is 103 Å². The summed E-state index contributed by atoms with van der Waals surface area (Å²) >= 11 is 0.848. The van der Waals surface area contributed by atoms with Gasteiger partial charge in [-0.15, -0.1) is 11.3 Å². The van der Waals surface area contributed by atoms with E-state index in [-0.39, 0.29) is 16.3 Å². The van der Waals surface area contributed by atoms with Gasteiger partial charge in [-0.3, -0.25) is 0 Å². The molecule has 1 atom stereocenters. The molecule has 0 bridgehead atoms. The predicted molar refractivity (Wildman–Crippen MR) is 62.8 cm³/mol. The number of carboxylic acids is 1. The van der Waals surface area contributed by atoms with Gasteiger partial charge in [0.15, 0.2) is 0 Å². The third-order valence-corrected chi connectivity index (χ3v) is 5.25. The summed E-state index contributed by atoms with van der Waals surface area (Å²) in [7, 11) is -2.38. The van der Waals surface area contributed by atoms with Crippen LogP contribution >= 0.6 is 11.3 Å². The van der Waals surface area contributed by atoms with Crippen molar-refractivity contribution >= 4 is 27.3 Å². The van der Waals surface area contributed by atoms with E-state index in [9.17, 15) is 13.2 Å². The van der Waals surface area contributed by atoms with Crippen molar-refractivity contribution in [1.29, 1.82) is 0 Å². The number of carboxylic acid groups (broad SMARTS) is 1. The standard InChI is InChI=1S/C9H13NO5S2/c1-6(11)4-10(2)17(14,15)8-3-7(5-16-8)9(12)13/h3,5-6,11H,4H2,1-2H3,(H,12,13). The highest BCUT2D eigenvalue weighted by atomic mass is 32.2. The average Bonchev–Trinajstić information content (AvgIpc) is 2.65. The monoisotopic (exact) mass is 279 g/mol. The molecule has 0 aliphatic heterocycles. The number of likely N-dealkylation sites (N-methyl/N-ethyl adjacent to an activating group) is 1. The molecule has 0 radical (unpaired) electrons. The molecule has 0 fully saturated rings. The smallest absolute Gasteiger partial charge is 0.336 e. The Balaban J connectivity index is 3.00. The molecule has 0 aliphatic carbocycles. The van der Waals surface area contributed by atoms with Crippen molar-refractivity contribution in [2.24, 2.45) is 0 Å². The number of hydrogen-bond acceptors (Lipinski definition) is 5. The quantitative estimate of drug-likeness (QED) is 0.816. The number of thiophene rings is 1. The maximum absolute atomic E-state index is 11.9. The Morgan fingerprint density at radius 3 is 2.59 bits per heavy atom. The summed E-state index contributed by atoms with van der Waals surface area (Å²) in [6, 6.07) is 1.11. The van der Waals surface area contributed by atoms with Gasteiger partial charge in [-0.05, 0) is 13.0 Å². The first kappa shape index (κ1) is 14.1. The van der Waals surface area contributed by atoms with E-state index in [0.717, 1.165) is 21.7 Å². The molecule has 1 heterocycles. The summed E-state index contributed by atoms with van der Waals surface area (Å²) in [5.41, 5.74) is -0.0565. The van der Waals surface area contributed by atoms with Gasteiger partial charge in [-0.1, -0.05) is 0 Å². The van der Waals surface area contributed by atoms with Crippen LogP contribution in [0.4, 0.5) is 0 Å². The second-order valence-electron chi connectivity index (χ2n) is 3.59. The fourth-order valence-corrected chi connectivity index (χ4v) is 3.80. The Morgan fingerprint density at radius 1 is 1.59 bits per heavy atom. The molecule has 0 amide bonds. The molecular weight excluding hydrogens is 266 g/mol. The van der Waals surface area contributed by atoms with Gasteiger partial charge in [0.25, 0.3) is 10.0 Å². The lowest BCUT2D eigenvalue weighted by atomic mass is 10.4. The molecule has 1 aromatic rings. The van der Waals surface area contributed by atoms with E-state index in [4.69, 9.17) is 10.2 Å². The van der Waals surface area contributed by atoms with Crippen LogP contribution in [0.5, 0.6) is 0 Å². The van der Waals surface area contributed by atoms with Crippen LogP contribution in [-0.4, -0.2) is 48.6 Å². The molecule has 8 heteroatoms. The fraction of sp³-hybridized carbons (Fsp3) is 0.444. The van der Waals surface area contributed by atoms with Crippen molar-refractivity contribution in [3.63, 3.8) is 0 Å². The van der Waals surface area contributed by atoms with E-state index in [1.54, 1.807) is 0 Å². The molecule has 6 nitrogen and oxygen atoms in total. The molecule has 96 valence electrons. The van der Waals surface area contributed by atoms with Crippen LogP contribution in [0.25, 0.3) is 0 Å². The minimum absolute atomic E-state index is 0.0390. The topological polar surface area (TPSA) is 94.9 Å². The maximum Gasteiger partial charge on any atom is 0.336 e. The number of aliphatic hydroxyl groups excluding tert-OH is 1. The predicted octanol–water partition coefficient (Wildman–Crippen LogP) is 0.448. The first-order valence-corrected chi connectivity index (χ1v) is 7.03. The summed E-state index contributed by atoms with van der Waals surface area (Å²) in [5, 5.41) is 19.1. The van der Waals surface area contributed by atoms with Crippen molar-refractivity contribution in [2.75, 3.05) is 13.6 Å². The average molecular weight is 279 g/mol. The summed E-state index contributed by atoms with van der Waals surface area (Å²) in [6.07, 6.45) is -0.784. The second kappa shape index (κ2) is 5.13. The molecule has 2 N–H and O–H groups in total. The van der Waals surface area contributed by atoms with Gasteiger partial charge in [-0.25, -0.2) is 13.2 Å². The van der Waals surface area contributed by atoms with Crippen molar-refractivity contribution in [3.8, 4) is 0 Å². The van der Waals surface area contributed by atoms with Crippen LogP contribution in [0.3, 0.4) is 0 Å². The highest BCUT2D eigenvalue weighted by molar-refractivity contribution is 7.91. The molecule has 0 saturated carbocycles. The number of aromatic carboxylic acids is 1. The van der Waals surface area contributed by atoms with Crippen molar-refractivity contribution in [2.45, 2.75) is 17.2 Å². The van der Waals surface area contributed by atoms with Gasteiger partial charge in [-0.2, -0.15) is 4.31 Å². The first-order valence-electron chi connectivity index (χ1n) is 4.71. The zero-order chi connectivity index (χ0) is 13.2. The molecular formula is C9H13NO5S2. The normalized spacial score (nSPS) is 13.9. The second-order valence-corrected chi connectivity index (χ2v) is 6.78. The summed E-state index contributed by atoms with van der Waals surface area (Å²) < 4.78 is 24.8. The van der Waals surface area contributed by atoms with E-state index in [2.05, 4.69) is 0 Å². The van der Waals surface area contributed by atoms with Crippen molar-refractivity contribution in [3.05, 3.63) is 17.0 Å². The lowest BCUT2D eigenvalue weighted by Gasteiger charge is -2.17. The highest BCUT2D eigenvalue weighted by Crippen LogP contribution is 2.23. The first-order chi connectivity index (χ1) is 7.75. The van der Waals surface area contributed by atoms with E-state index >= 15 is 0 Å². The summed E-state index contributed by atoms with van der Waals surface area (Å²) in [4.78, 5) is 10.6. The number of nitrogens with zero attached hydrogens (tertiary/aromatic N) is 1. The van der Waals surface area contributed by atoms with Crippen LogP contribution in [0.1, 0.15) is 17.3 Å². The van der Waals surface area contributed by atoms with Crippen LogP contribution in [-0.2, 0) is 10.0 Å². The third kappa shape index (κ3) is 3.25. The molecule has 1 aromatic heterocycles.